The second-order valence-electron chi connectivity index (χ2n) is 5.18. The van der Waals surface area contributed by atoms with Crippen molar-refractivity contribution in [2.45, 2.75) is 6.54 Å². The third-order valence-corrected chi connectivity index (χ3v) is 3.41. The van der Waals surface area contributed by atoms with Gasteiger partial charge in [0.15, 0.2) is 5.82 Å². The quantitative estimate of drug-likeness (QED) is 0.298. The van der Waals surface area contributed by atoms with E-state index in [1.165, 1.54) is 0 Å². The molecule has 0 aliphatic rings. The lowest BCUT2D eigenvalue weighted by atomic mass is 10.0. The number of aromatic nitrogens is 2. The average molecular weight is 337 g/mol. The number of anilines is 1. The van der Waals surface area contributed by atoms with Gasteiger partial charge < -0.3 is 14.8 Å². The number of furan rings is 1. The van der Waals surface area contributed by atoms with Crippen molar-refractivity contribution in [2.75, 3.05) is 5.32 Å². The minimum Gasteiger partial charge on any atom is -0.477 e. The number of rotatable bonds is 7. The van der Waals surface area contributed by atoms with Gasteiger partial charge in [-0.15, -0.1) is 0 Å². The first kappa shape index (κ1) is 16.3. The van der Waals surface area contributed by atoms with Gasteiger partial charge in [0, 0.05) is 24.0 Å². The molecule has 3 aromatic rings. The van der Waals surface area contributed by atoms with Gasteiger partial charge in [-0.2, -0.15) is 5.10 Å². The molecule has 0 radical (unpaired) electrons. The van der Waals surface area contributed by atoms with Crippen LogP contribution < -0.4 is 5.32 Å². The fourth-order valence-corrected chi connectivity index (χ4v) is 2.20. The second kappa shape index (κ2) is 7.31. The molecule has 2 aromatic heterocycles. The highest BCUT2D eigenvalue weighted by molar-refractivity contribution is 6.23. The number of nitrogens with zero attached hydrogens (tertiary/aromatic N) is 2. The van der Waals surface area contributed by atoms with Crippen molar-refractivity contribution in [3.63, 3.8) is 0 Å². The minimum atomic E-state index is -1.31. The van der Waals surface area contributed by atoms with E-state index in [4.69, 9.17) is 4.42 Å². The molecule has 0 bridgehead atoms. The lowest BCUT2D eigenvalue weighted by Crippen LogP contribution is -2.14. The number of aliphatic carboxylic acids is 1. The summed E-state index contributed by atoms with van der Waals surface area (Å²) in [6.07, 6.45) is 4.45. The molecule has 7 heteroatoms. The zero-order valence-electron chi connectivity index (χ0n) is 13.1. The Hall–Kier alpha value is -3.61. The van der Waals surface area contributed by atoms with Crippen LogP contribution in [0, 0.1) is 0 Å². The number of carboxylic acids is 1. The molecular weight excluding hydrogens is 322 g/mol. The van der Waals surface area contributed by atoms with Gasteiger partial charge in [-0.25, -0.2) is 4.79 Å². The van der Waals surface area contributed by atoms with Gasteiger partial charge in [-0.05, 0) is 12.1 Å². The van der Waals surface area contributed by atoms with Gasteiger partial charge in [0.25, 0.3) is 0 Å². The highest BCUT2D eigenvalue weighted by Crippen LogP contribution is 2.11. The number of hydrogen-bond donors (Lipinski definition) is 2. The van der Waals surface area contributed by atoms with Gasteiger partial charge in [0.1, 0.15) is 11.3 Å². The normalized spacial score (nSPS) is 11.3. The second-order valence-corrected chi connectivity index (χ2v) is 5.18. The fraction of sp³-hybridized carbons (Fsp3) is 0.0556. The van der Waals surface area contributed by atoms with Crippen molar-refractivity contribution >= 4 is 17.6 Å². The van der Waals surface area contributed by atoms with Crippen molar-refractivity contribution in [1.82, 2.24) is 9.78 Å². The number of hydrogen-bond acceptors (Lipinski definition) is 5. The summed E-state index contributed by atoms with van der Waals surface area (Å²) in [5.41, 5.74) is -0.0620. The van der Waals surface area contributed by atoms with Crippen LogP contribution in [0.4, 0.5) is 5.82 Å². The maximum atomic E-state index is 12.3. The van der Waals surface area contributed by atoms with Crippen molar-refractivity contribution in [1.29, 1.82) is 0 Å². The summed E-state index contributed by atoms with van der Waals surface area (Å²) in [6.45, 7) is 0.452. The number of benzene rings is 1. The van der Waals surface area contributed by atoms with E-state index in [9.17, 15) is 14.7 Å². The van der Waals surface area contributed by atoms with Crippen LogP contribution in [-0.4, -0.2) is 26.6 Å². The van der Waals surface area contributed by atoms with Crippen molar-refractivity contribution in [3.05, 3.63) is 84.1 Å². The molecule has 0 aliphatic carbocycles. The predicted molar refractivity (Wildman–Crippen MR) is 90.2 cm³/mol. The summed E-state index contributed by atoms with van der Waals surface area (Å²) in [5, 5.41) is 16.3. The maximum absolute atomic E-state index is 12.3. The molecular formula is C18H15N3O4. The van der Waals surface area contributed by atoms with Crippen molar-refractivity contribution in [3.8, 4) is 0 Å². The molecule has 0 aliphatic heterocycles. The largest absolute Gasteiger partial charge is 0.477 e. The maximum Gasteiger partial charge on any atom is 0.341 e. The Morgan fingerprint density at radius 3 is 2.64 bits per heavy atom. The van der Waals surface area contributed by atoms with E-state index >= 15 is 0 Å². The van der Waals surface area contributed by atoms with Crippen LogP contribution in [0.3, 0.4) is 0 Å². The molecule has 0 unspecified atom stereocenters. The fourth-order valence-electron chi connectivity index (χ4n) is 2.20. The van der Waals surface area contributed by atoms with E-state index in [1.54, 1.807) is 59.6 Å². The molecule has 0 spiro atoms. The first-order valence-electron chi connectivity index (χ1n) is 7.49. The Kier molecular flexibility index (Phi) is 4.75. The number of ketones is 1. The number of carbonyl (C=O) groups is 2. The molecule has 25 heavy (non-hydrogen) atoms. The first-order chi connectivity index (χ1) is 12.1. The van der Waals surface area contributed by atoms with E-state index in [0.717, 1.165) is 12.0 Å². The third-order valence-electron chi connectivity index (χ3n) is 3.41. The van der Waals surface area contributed by atoms with E-state index in [-0.39, 0.29) is 5.57 Å². The molecule has 7 nitrogen and oxygen atoms in total. The Morgan fingerprint density at radius 1 is 1.16 bits per heavy atom. The molecule has 126 valence electrons. The van der Waals surface area contributed by atoms with Crippen LogP contribution in [0.2, 0.25) is 0 Å². The number of carbonyl (C=O) groups excluding carboxylic acids is 1. The Bertz CT molecular complexity index is 896. The van der Waals surface area contributed by atoms with E-state index in [1.807, 2.05) is 6.07 Å². The minimum absolute atomic E-state index is 0.307. The van der Waals surface area contributed by atoms with Gasteiger partial charge in [0.2, 0.25) is 5.78 Å². The summed E-state index contributed by atoms with van der Waals surface area (Å²) in [5.74, 6) is -0.714. The zero-order valence-corrected chi connectivity index (χ0v) is 13.1. The van der Waals surface area contributed by atoms with Crippen LogP contribution >= 0.6 is 0 Å². The summed E-state index contributed by atoms with van der Waals surface area (Å²) < 4.78 is 6.87. The van der Waals surface area contributed by atoms with E-state index < -0.39 is 11.8 Å². The number of carboxylic acid groups (broad SMARTS) is 1. The monoisotopic (exact) mass is 337 g/mol. The average Bonchev–Trinajstić information content (AvgIpc) is 3.28. The molecule has 0 fully saturated rings. The first-order valence-corrected chi connectivity index (χ1v) is 7.49. The number of Topliss-reactive ketones (excluding diaryl/α,β-unsaturated/α-hetero) is 1. The van der Waals surface area contributed by atoms with Crippen LogP contribution in [0.5, 0.6) is 0 Å². The molecule has 2 N–H and O–H groups in total. The summed E-state index contributed by atoms with van der Waals surface area (Å²) in [6, 6.07) is 13.5. The SMILES string of the molecule is O=C(O)C(=CNc1ccn(Cc2ccco2)n1)C(=O)c1ccccc1. The standard InChI is InChI=1S/C18H15N3O4/c22-17(13-5-2-1-3-6-13)15(18(23)24)11-19-16-8-9-21(20-16)12-14-7-4-10-25-14/h1-11H,12H2,(H,19,20)(H,23,24). The Balaban J connectivity index is 1.73. The molecule has 0 saturated heterocycles. The Labute approximate surface area is 143 Å². The van der Waals surface area contributed by atoms with Gasteiger partial charge in [0.05, 0.1) is 12.8 Å². The molecule has 0 amide bonds. The molecule has 2 heterocycles. The molecule has 3 rings (SSSR count). The van der Waals surface area contributed by atoms with E-state index in [2.05, 4.69) is 10.4 Å². The Morgan fingerprint density at radius 2 is 1.96 bits per heavy atom. The van der Waals surface area contributed by atoms with Crippen LogP contribution in [0.15, 0.2) is 77.2 Å². The zero-order chi connectivity index (χ0) is 17.6. The topological polar surface area (TPSA) is 97.4 Å². The lowest BCUT2D eigenvalue weighted by Gasteiger charge is -2.03. The lowest BCUT2D eigenvalue weighted by molar-refractivity contribution is -0.132. The van der Waals surface area contributed by atoms with Crippen LogP contribution in [-0.2, 0) is 11.3 Å². The van der Waals surface area contributed by atoms with Gasteiger partial charge in [-0.1, -0.05) is 30.3 Å². The predicted octanol–water partition coefficient (Wildman–Crippen LogP) is 2.79. The third kappa shape index (κ3) is 4.03. The van der Waals surface area contributed by atoms with E-state index in [0.29, 0.717) is 17.9 Å². The highest BCUT2D eigenvalue weighted by atomic mass is 16.4. The smallest absolute Gasteiger partial charge is 0.341 e. The van der Waals surface area contributed by atoms with Gasteiger partial charge >= 0.3 is 5.97 Å². The summed E-state index contributed by atoms with van der Waals surface area (Å²) in [4.78, 5) is 23.7. The molecule has 0 atom stereocenters. The van der Waals surface area contributed by atoms with Crippen molar-refractivity contribution < 1.29 is 19.1 Å². The number of nitrogens with one attached hydrogen (secondary N) is 1. The van der Waals surface area contributed by atoms with Crippen LogP contribution in [0.25, 0.3) is 0 Å². The van der Waals surface area contributed by atoms with Gasteiger partial charge in [-0.3, -0.25) is 9.48 Å². The van der Waals surface area contributed by atoms with Crippen molar-refractivity contribution in [2.24, 2.45) is 0 Å². The summed E-state index contributed by atoms with van der Waals surface area (Å²) >= 11 is 0. The van der Waals surface area contributed by atoms with Crippen LogP contribution in [0.1, 0.15) is 16.1 Å². The highest BCUT2D eigenvalue weighted by Gasteiger charge is 2.19. The summed E-state index contributed by atoms with van der Waals surface area (Å²) in [7, 11) is 0. The molecule has 0 saturated carbocycles. The molecule has 1 aromatic carbocycles.